The number of carbonyl (C=O) groups excluding carboxylic acids is 1. The van der Waals surface area contributed by atoms with Crippen molar-refractivity contribution in [1.29, 1.82) is 0 Å². The van der Waals surface area contributed by atoms with Gasteiger partial charge >= 0.3 is 0 Å². The predicted molar refractivity (Wildman–Crippen MR) is 127 cm³/mol. The Morgan fingerprint density at radius 3 is 2.41 bits per heavy atom. The first kappa shape index (κ1) is 23.8. The van der Waals surface area contributed by atoms with Crippen molar-refractivity contribution < 1.29 is 17.9 Å². The Kier molecular flexibility index (Phi) is 7.56. The van der Waals surface area contributed by atoms with Crippen molar-refractivity contribution in [3.8, 4) is 5.75 Å². The highest BCUT2D eigenvalue weighted by Crippen LogP contribution is 2.27. The fraction of sp³-hybridized carbons (Fsp3) is 0.208. The quantitative estimate of drug-likeness (QED) is 0.505. The smallest absolute Gasteiger partial charge is 0.245 e. The van der Waals surface area contributed by atoms with E-state index in [0.717, 1.165) is 16.7 Å². The first-order chi connectivity index (χ1) is 15.2. The van der Waals surface area contributed by atoms with Crippen LogP contribution in [-0.4, -0.2) is 27.5 Å². The molecule has 2 N–H and O–H groups in total. The maximum absolute atomic E-state index is 13.2. The van der Waals surface area contributed by atoms with Crippen LogP contribution in [0.5, 0.6) is 5.75 Å². The van der Waals surface area contributed by atoms with Crippen LogP contribution in [0.2, 0.25) is 5.02 Å². The molecule has 0 aliphatic rings. The molecular formula is C24H25ClN2O4S. The first-order valence-corrected chi connectivity index (χ1v) is 11.8. The molecule has 0 fully saturated rings. The van der Waals surface area contributed by atoms with Gasteiger partial charge in [0.25, 0.3) is 0 Å². The van der Waals surface area contributed by atoms with E-state index in [0.29, 0.717) is 5.69 Å². The van der Waals surface area contributed by atoms with Gasteiger partial charge in [-0.2, -0.15) is 4.72 Å². The summed E-state index contributed by atoms with van der Waals surface area (Å²) in [5.74, 6) is -0.333. The molecule has 0 heterocycles. The molecule has 1 amide bonds. The second kappa shape index (κ2) is 10.2. The van der Waals surface area contributed by atoms with Crippen LogP contribution in [-0.2, 0) is 21.2 Å². The number of anilines is 1. The van der Waals surface area contributed by atoms with Crippen molar-refractivity contribution in [2.24, 2.45) is 0 Å². The van der Waals surface area contributed by atoms with E-state index in [1.54, 1.807) is 6.07 Å². The van der Waals surface area contributed by atoms with Gasteiger partial charge in [-0.1, -0.05) is 59.6 Å². The zero-order chi connectivity index (χ0) is 23.3. The van der Waals surface area contributed by atoms with Gasteiger partial charge in [-0.25, -0.2) is 8.42 Å². The minimum atomic E-state index is -4.12. The Hall–Kier alpha value is -2.87. The van der Waals surface area contributed by atoms with E-state index < -0.39 is 22.0 Å². The third-order valence-electron chi connectivity index (χ3n) is 4.95. The summed E-state index contributed by atoms with van der Waals surface area (Å²) < 4.78 is 34.1. The number of hydrogen-bond acceptors (Lipinski definition) is 4. The molecule has 3 aromatic rings. The van der Waals surface area contributed by atoms with Crippen LogP contribution in [0.25, 0.3) is 0 Å². The summed E-state index contributed by atoms with van der Waals surface area (Å²) in [5, 5.41) is 3.09. The summed E-state index contributed by atoms with van der Waals surface area (Å²) in [4.78, 5) is 13.1. The molecule has 0 radical (unpaired) electrons. The van der Waals surface area contributed by atoms with Crippen molar-refractivity contribution in [2.45, 2.75) is 31.2 Å². The number of sulfonamides is 1. The van der Waals surface area contributed by atoms with Gasteiger partial charge in [0, 0.05) is 10.7 Å². The van der Waals surface area contributed by atoms with Crippen LogP contribution in [0, 0.1) is 13.8 Å². The number of ether oxygens (including phenoxy) is 1. The molecule has 6 nitrogen and oxygen atoms in total. The summed E-state index contributed by atoms with van der Waals surface area (Å²) >= 11 is 6.02. The summed E-state index contributed by atoms with van der Waals surface area (Å²) in [5.41, 5.74) is 3.39. The second-order valence-corrected chi connectivity index (χ2v) is 9.59. The summed E-state index contributed by atoms with van der Waals surface area (Å²) in [6.45, 7) is 3.85. The predicted octanol–water partition coefficient (Wildman–Crippen LogP) is 4.49. The lowest BCUT2D eigenvalue weighted by atomic mass is 10.1. The standard InChI is InChI=1S/C24H25ClN2O4S/c1-16-9-11-20(17(2)13-16)26-24(28)21(14-18-7-5-4-6-8-18)27-32(29,30)23-15-19(25)10-12-22(23)31-3/h4-13,15,21,27H,14H2,1-3H3,(H,26,28). The van der Waals surface area contributed by atoms with Crippen LogP contribution >= 0.6 is 11.6 Å². The molecule has 1 unspecified atom stereocenters. The van der Waals surface area contributed by atoms with Crippen molar-refractivity contribution in [3.05, 3.63) is 88.4 Å². The van der Waals surface area contributed by atoms with Crippen molar-refractivity contribution >= 4 is 33.2 Å². The third-order valence-corrected chi connectivity index (χ3v) is 6.68. The number of methoxy groups -OCH3 is 1. The highest BCUT2D eigenvalue weighted by Gasteiger charge is 2.29. The molecule has 32 heavy (non-hydrogen) atoms. The van der Waals surface area contributed by atoms with Crippen molar-refractivity contribution in [1.82, 2.24) is 4.72 Å². The second-order valence-electron chi connectivity index (χ2n) is 7.47. The van der Waals surface area contributed by atoms with Crippen LogP contribution < -0.4 is 14.8 Å². The van der Waals surface area contributed by atoms with Crippen LogP contribution in [0.3, 0.4) is 0 Å². The van der Waals surface area contributed by atoms with Crippen LogP contribution in [0.4, 0.5) is 5.69 Å². The molecule has 168 valence electrons. The average Bonchev–Trinajstić information content (AvgIpc) is 2.75. The maximum Gasteiger partial charge on any atom is 0.245 e. The molecule has 0 saturated carbocycles. The summed E-state index contributed by atoms with van der Waals surface area (Å²) in [6, 6.07) is 18.1. The number of nitrogens with one attached hydrogen (secondary N) is 2. The Bertz CT molecular complexity index is 1210. The highest BCUT2D eigenvalue weighted by atomic mass is 35.5. The van der Waals surface area contributed by atoms with E-state index >= 15 is 0 Å². The number of rotatable bonds is 8. The molecule has 8 heteroatoms. The van der Waals surface area contributed by atoms with E-state index in [4.69, 9.17) is 16.3 Å². The van der Waals surface area contributed by atoms with E-state index in [1.165, 1.54) is 25.3 Å². The Morgan fingerprint density at radius 2 is 1.75 bits per heavy atom. The van der Waals surface area contributed by atoms with E-state index in [2.05, 4.69) is 10.0 Å². The van der Waals surface area contributed by atoms with Gasteiger partial charge in [0.1, 0.15) is 16.7 Å². The SMILES string of the molecule is COc1ccc(Cl)cc1S(=O)(=O)NC(Cc1ccccc1)C(=O)Nc1ccc(C)cc1C. The molecule has 0 bridgehead atoms. The van der Waals surface area contributed by atoms with Gasteiger partial charge in [0.05, 0.1) is 7.11 Å². The number of hydrogen-bond donors (Lipinski definition) is 2. The summed E-state index contributed by atoms with van der Waals surface area (Å²) in [6.07, 6.45) is 0.166. The Labute approximate surface area is 193 Å². The van der Waals surface area contributed by atoms with E-state index in [1.807, 2.05) is 56.3 Å². The number of amides is 1. The normalized spacial score (nSPS) is 12.2. The molecule has 0 spiro atoms. The monoisotopic (exact) mass is 472 g/mol. The molecule has 0 aliphatic heterocycles. The lowest BCUT2D eigenvalue weighted by molar-refractivity contribution is -0.117. The lowest BCUT2D eigenvalue weighted by Gasteiger charge is -2.20. The largest absolute Gasteiger partial charge is 0.495 e. The van der Waals surface area contributed by atoms with Gasteiger partial charge in [-0.05, 0) is 55.7 Å². The molecule has 3 aromatic carbocycles. The lowest BCUT2D eigenvalue weighted by Crippen LogP contribution is -2.45. The number of halogens is 1. The number of benzene rings is 3. The number of aryl methyl sites for hydroxylation is 2. The molecule has 0 aliphatic carbocycles. The van der Waals surface area contributed by atoms with Gasteiger partial charge in [0.2, 0.25) is 15.9 Å². The minimum absolute atomic E-state index is 0.134. The van der Waals surface area contributed by atoms with Crippen molar-refractivity contribution in [3.63, 3.8) is 0 Å². The first-order valence-electron chi connectivity index (χ1n) is 9.97. The molecular weight excluding hydrogens is 448 g/mol. The van der Waals surface area contributed by atoms with Gasteiger partial charge < -0.3 is 10.1 Å². The minimum Gasteiger partial charge on any atom is -0.495 e. The highest BCUT2D eigenvalue weighted by molar-refractivity contribution is 7.89. The van der Waals surface area contributed by atoms with Gasteiger partial charge in [-0.15, -0.1) is 0 Å². The Balaban J connectivity index is 1.93. The maximum atomic E-state index is 13.2. The van der Waals surface area contributed by atoms with Gasteiger partial charge in [0.15, 0.2) is 0 Å². The topological polar surface area (TPSA) is 84.5 Å². The van der Waals surface area contributed by atoms with Crippen molar-refractivity contribution in [2.75, 3.05) is 12.4 Å². The van der Waals surface area contributed by atoms with Crippen LogP contribution in [0.15, 0.2) is 71.6 Å². The number of carbonyl (C=O) groups is 1. The van der Waals surface area contributed by atoms with E-state index in [-0.39, 0.29) is 22.1 Å². The Morgan fingerprint density at radius 1 is 1.03 bits per heavy atom. The molecule has 1 atom stereocenters. The zero-order valence-electron chi connectivity index (χ0n) is 18.1. The third kappa shape index (κ3) is 5.88. The molecule has 0 aromatic heterocycles. The average molecular weight is 473 g/mol. The summed E-state index contributed by atoms with van der Waals surface area (Å²) in [7, 11) is -2.75. The molecule has 0 saturated heterocycles. The molecule has 3 rings (SSSR count). The van der Waals surface area contributed by atoms with E-state index in [9.17, 15) is 13.2 Å². The van der Waals surface area contributed by atoms with Gasteiger partial charge in [-0.3, -0.25) is 4.79 Å². The fourth-order valence-corrected chi connectivity index (χ4v) is 4.95. The zero-order valence-corrected chi connectivity index (χ0v) is 19.6. The fourth-order valence-electron chi connectivity index (χ4n) is 3.32. The van der Waals surface area contributed by atoms with Crippen LogP contribution in [0.1, 0.15) is 16.7 Å².